The fourth-order valence-corrected chi connectivity index (χ4v) is 1.43. The van der Waals surface area contributed by atoms with Crippen molar-refractivity contribution in [1.29, 1.82) is 0 Å². The Bertz CT molecular complexity index is 352. The van der Waals surface area contributed by atoms with Gasteiger partial charge in [-0.15, -0.1) is 0 Å². The summed E-state index contributed by atoms with van der Waals surface area (Å²) < 4.78 is 48.7. The quantitative estimate of drug-likeness (QED) is 0.451. The van der Waals surface area contributed by atoms with E-state index in [2.05, 4.69) is 5.32 Å². The molecule has 0 saturated carbocycles. The number of hydrogen-bond acceptors (Lipinski definition) is 2. The summed E-state index contributed by atoms with van der Waals surface area (Å²) in [7, 11) is 0. The van der Waals surface area contributed by atoms with Gasteiger partial charge in [0.1, 0.15) is 0 Å². The van der Waals surface area contributed by atoms with Gasteiger partial charge in [-0.25, -0.2) is 8.78 Å². The fraction of sp³-hybridized carbons (Fsp3) is 0.500. The summed E-state index contributed by atoms with van der Waals surface area (Å²) in [5.41, 5.74) is 7.21. The second kappa shape index (κ2) is 6.58. The summed E-state index contributed by atoms with van der Waals surface area (Å²) >= 11 is 0. The van der Waals surface area contributed by atoms with Gasteiger partial charge in [0.25, 0.3) is 0 Å². The standard InChI is InChI=1S/C12H16F4N2/c13-11(14)12(15,16)8-18-7-1-2-9-3-5-10(17)6-4-9/h3-6,11,18H,1-2,7-8,17H2. The van der Waals surface area contributed by atoms with Crippen LogP contribution in [-0.2, 0) is 6.42 Å². The molecular weight excluding hydrogens is 248 g/mol. The van der Waals surface area contributed by atoms with E-state index in [1.165, 1.54) is 0 Å². The molecule has 3 N–H and O–H groups in total. The molecule has 18 heavy (non-hydrogen) atoms. The number of anilines is 1. The Kier molecular flexibility index (Phi) is 5.40. The van der Waals surface area contributed by atoms with Crippen molar-refractivity contribution in [3.05, 3.63) is 29.8 Å². The second-order valence-corrected chi connectivity index (χ2v) is 4.08. The third-order valence-electron chi connectivity index (χ3n) is 2.48. The van der Waals surface area contributed by atoms with Crippen molar-refractivity contribution >= 4 is 5.69 Å². The highest BCUT2D eigenvalue weighted by molar-refractivity contribution is 5.39. The SMILES string of the molecule is Nc1ccc(CCCNCC(F)(F)C(F)F)cc1. The maximum Gasteiger partial charge on any atom is 0.319 e. The molecule has 1 rings (SSSR count). The molecule has 1 aromatic rings. The summed E-state index contributed by atoms with van der Waals surface area (Å²) in [6.45, 7) is -0.723. The zero-order valence-electron chi connectivity index (χ0n) is 9.80. The van der Waals surface area contributed by atoms with Crippen molar-refractivity contribution in [3.63, 3.8) is 0 Å². The van der Waals surface area contributed by atoms with Crippen molar-refractivity contribution in [1.82, 2.24) is 5.32 Å². The van der Waals surface area contributed by atoms with Gasteiger partial charge in [-0.05, 0) is 37.1 Å². The van der Waals surface area contributed by atoms with Crippen LogP contribution in [-0.4, -0.2) is 25.4 Å². The van der Waals surface area contributed by atoms with E-state index in [1.54, 1.807) is 12.1 Å². The van der Waals surface area contributed by atoms with Crippen LogP contribution in [0.2, 0.25) is 0 Å². The van der Waals surface area contributed by atoms with Gasteiger partial charge in [0.05, 0.1) is 6.54 Å². The lowest BCUT2D eigenvalue weighted by molar-refractivity contribution is -0.125. The summed E-state index contributed by atoms with van der Waals surface area (Å²) in [5, 5.41) is 2.33. The number of nitrogens with two attached hydrogens (primary N) is 1. The number of nitrogens with one attached hydrogen (secondary N) is 1. The molecule has 0 aliphatic carbocycles. The molecule has 0 heterocycles. The Morgan fingerprint density at radius 1 is 1.17 bits per heavy atom. The first-order valence-electron chi connectivity index (χ1n) is 5.63. The van der Waals surface area contributed by atoms with E-state index in [1.807, 2.05) is 12.1 Å². The topological polar surface area (TPSA) is 38.0 Å². The molecule has 0 saturated heterocycles. The molecule has 0 atom stereocenters. The normalized spacial score (nSPS) is 12.1. The van der Waals surface area contributed by atoms with Gasteiger partial charge in [-0.1, -0.05) is 12.1 Å². The Morgan fingerprint density at radius 3 is 2.33 bits per heavy atom. The van der Waals surface area contributed by atoms with Gasteiger partial charge >= 0.3 is 12.3 Å². The molecule has 0 aromatic heterocycles. The average Bonchev–Trinajstić information content (AvgIpc) is 2.31. The Labute approximate surface area is 103 Å². The number of rotatable bonds is 7. The van der Waals surface area contributed by atoms with Gasteiger partial charge in [0.15, 0.2) is 0 Å². The molecule has 0 spiro atoms. The molecule has 0 aliphatic heterocycles. The first-order valence-corrected chi connectivity index (χ1v) is 5.63. The maximum absolute atomic E-state index is 12.5. The average molecular weight is 264 g/mol. The van der Waals surface area contributed by atoms with Gasteiger partial charge in [-0.2, -0.15) is 8.78 Å². The lowest BCUT2D eigenvalue weighted by atomic mass is 10.1. The van der Waals surface area contributed by atoms with Gasteiger partial charge in [-0.3, -0.25) is 0 Å². The van der Waals surface area contributed by atoms with Crippen LogP contribution in [0.15, 0.2) is 24.3 Å². The van der Waals surface area contributed by atoms with E-state index >= 15 is 0 Å². The Hall–Kier alpha value is -1.30. The number of aryl methyl sites for hydroxylation is 1. The lowest BCUT2D eigenvalue weighted by Crippen LogP contribution is -2.39. The zero-order chi connectivity index (χ0) is 13.6. The Morgan fingerprint density at radius 2 is 1.78 bits per heavy atom. The summed E-state index contributed by atoms with van der Waals surface area (Å²) in [6, 6.07) is 7.22. The van der Waals surface area contributed by atoms with Crippen LogP contribution < -0.4 is 11.1 Å². The number of alkyl halides is 4. The van der Waals surface area contributed by atoms with Crippen LogP contribution in [0.4, 0.5) is 23.2 Å². The van der Waals surface area contributed by atoms with Gasteiger partial charge in [0, 0.05) is 5.69 Å². The molecule has 0 amide bonds. The summed E-state index contributed by atoms with van der Waals surface area (Å²) in [6.07, 6.45) is -2.33. The minimum absolute atomic E-state index is 0.271. The van der Waals surface area contributed by atoms with E-state index in [0.717, 1.165) is 5.56 Å². The molecule has 0 bridgehead atoms. The van der Waals surface area contributed by atoms with E-state index < -0.39 is 18.9 Å². The minimum Gasteiger partial charge on any atom is -0.399 e. The van der Waals surface area contributed by atoms with E-state index in [-0.39, 0.29) is 6.54 Å². The van der Waals surface area contributed by atoms with Crippen LogP contribution in [0, 0.1) is 0 Å². The van der Waals surface area contributed by atoms with Crippen molar-refractivity contribution < 1.29 is 17.6 Å². The smallest absolute Gasteiger partial charge is 0.319 e. The van der Waals surface area contributed by atoms with Crippen LogP contribution in [0.3, 0.4) is 0 Å². The molecule has 0 fully saturated rings. The highest BCUT2D eigenvalue weighted by atomic mass is 19.3. The molecule has 0 radical (unpaired) electrons. The lowest BCUT2D eigenvalue weighted by Gasteiger charge is -2.15. The maximum atomic E-state index is 12.5. The predicted octanol–water partition coefficient (Wildman–Crippen LogP) is 2.69. The monoisotopic (exact) mass is 264 g/mol. The molecule has 102 valence electrons. The van der Waals surface area contributed by atoms with Crippen LogP contribution in [0.5, 0.6) is 0 Å². The molecule has 6 heteroatoms. The predicted molar refractivity (Wildman–Crippen MR) is 63.0 cm³/mol. The van der Waals surface area contributed by atoms with Crippen LogP contribution in [0.1, 0.15) is 12.0 Å². The van der Waals surface area contributed by atoms with E-state index in [9.17, 15) is 17.6 Å². The van der Waals surface area contributed by atoms with Crippen molar-refractivity contribution in [2.75, 3.05) is 18.8 Å². The van der Waals surface area contributed by atoms with Crippen LogP contribution >= 0.6 is 0 Å². The van der Waals surface area contributed by atoms with Crippen LogP contribution in [0.25, 0.3) is 0 Å². The zero-order valence-corrected chi connectivity index (χ0v) is 9.80. The minimum atomic E-state index is -3.96. The first kappa shape index (κ1) is 14.8. The van der Waals surface area contributed by atoms with Gasteiger partial charge < -0.3 is 11.1 Å². The Balaban J connectivity index is 2.18. The number of hydrogen-bond donors (Lipinski definition) is 2. The third kappa shape index (κ3) is 4.91. The van der Waals surface area contributed by atoms with Crippen molar-refractivity contribution in [2.45, 2.75) is 25.2 Å². The molecule has 1 aromatic carbocycles. The first-order chi connectivity index (χ1) is 8.42. The largest absolute Gasteiger partial charge is 0.399 e. The fourth-order valence-electron chi connectivity index (χ4n) is 1.43. The second-order valence-electron chi connectivity index (χ2n) is 4.08. The number of halogens is 4. The summed E-state index contributed by atoms with van der Waals surface area (Å²) in [4.78, 5) is 0. The third-order valence-corrected chi connectivity index (χ3v) is 2.48. The van der Waals surface area contributed by atoms with Crippen molar-refractivity contribution in [3.8, 4) is 0 Å². The van der Waals surface area contributed by atoms with E-state index in [0.29, 0.717) is 18.5 Å². The molecule has 2 nitrogen and oxygen atoms in total. The van der Waals surface area contributed by atoms with Crippen molar-refractivity contribution in [2.24, 2.45) is 0 Å². The van der Waals surface area contributed by atoms with Gasteiger partial charge in [0.2, 0.25) is 0 Å². The molecule has 0 unspecified atom stereocenters. The molecule has 0 aliphatic rings. The summed E-state index contributed by atoms with van der Waals surface area (Å²) in [5.74, 6) is -3.96. The molecular formula is C12H16F4N2. The number of nitrogen functional groups attached to an aromatic ring is 1. The highest BCUT2D eigenvalue weighted by Crippen LogP contribution is 2.21. The van der Waals surface area contributed by atoms with E-state index in [4.69, 9.17) is 5.73 Å². The highest BCUT2D eigenvalue weighted by Gasteiger charge is 2.39. The number of benzene rings is 1.